The molecule has 0 saturated heterocycles. The zero-order chi connectivity index (χ0) is 36.8. The van der Waals surface area contributed by atoms with Gasteiger partial charge in [0.1, 0.15) is 22.7 Å². The van der Waals surface area contributed by atoms with Gasteiger partial charge in [-0.1, -0.05) is 24.3 Å². The second kappa shape index (κ2) is 13.3. The minimum Gasteiger partial charge on any atom is -0.457 e. The summed E-state index contributed by atoms with van der Waals surface area (Å²) in [5.41, 5.74) is -0.352. The quantitative estimate of drug-likeness (QED) is 0.139. The number of halogens is 2. The summed E-state index contributed by atoms with van der Waals surface area (Å²) in [6.07, 6.45) is -0.371. The Morgan fingerprint density at radius 2 is 1.04 bits per heavy atom. The van der Waals surface area contributed by atoms with E-state index in [1.165, 1.54) is 48.5 Å². The largest absolute Gasteiger partial charge is 0.457 e. The van der Waals surface area contributed by atoms with Crippen molar-refractivity contribution in [3.05, 3.63) is 139 Å². The Morgan fingerprint density at radius 3 is 1.41 bits per heavy atom. The molecular formula is C34H28F2N4O9S2. The Hall–Kier alpha value is -5.62. The van der Waals surface area contributed by atoms with Crippen LogP contribution in [0.15, 0.2) is 91.2 Å². The van der Waals surface area contributed by atoms with Gasteiger partial charge in [-0.05, 0) is 72.5 Å². The van der Waals surface area contributed by atoms with Gasteiger partial charge in [0.2, 0.25) is 0 Å². The second-order valence-electron chi connectivity index (χ2n) is 11.6. The zero-order valence-electron chi connectivity index (χ0n) is 26.7. The van der Waals surface area contributed by atoms with Gasteiger partial charge in [-0.15, -0.1) is 0 Å². The number of aryl methyl sites for hydroxylation is 2. The van der Waals surface area contributed by atoms with E-state index in [4.69, 9.17) is 23.8 Å². The summed E-state index contributed by atoms with van der Waals surface area (Å²) in [5, 5.41) is 11.0. The van der Waals surface area contributed by atoms with Crippen molar-refractivity contribution in [1.82, 2.24) is 0 Å². The zero-order valence-corrected chi connectivity index (χ0v) is 28.4. The first kappa shape index (κ1) is 35.2. The number of hydrogen-bond donors (Lipinski definition) is 4. The van der Waals surface area contributed by atoms with Crippen molar-refractivity contribution in [2.45, 2.75) is 26.7 Å². The molecular weight excluding hydrogens is 711 g/mol. The number of nitrogens with two attached hydrogens (primary N) is 2. The Labute approximate surface area is 288 Å². The third kappa shape index (κ3) is 7.60. The average molecular weight is 739 g/mol. The maximum Gasteiger partial charge on any atom is 0.340 e. The summed E-state index contributed by atoms with van der Waals surface area (Å²) in [5.74, 6) is -1.20. The highest BCUT2D eigenvalue weighted by atomic mass is 32.2. The third-order valence-electron chi connectivity index (χ3n) is 8.15. The molecule has 0 aliphatic rings. The van der Waals surface area contributed by atoms with Crippen LogP contribution in [0.25, 0.3) is 21.9 Å². The van der Waals surface area contributed by atoms with E-state index in [2.05, 4.69) is 0 Å². The molecule has 0 bridgehead atoms. The molecule has 0 aliphatic heterocycles. The summed E-state index contributed by atoms with van der Waals surface area (Å²) >= 11 is 0. The summed E-state index contributed by atoms with van der Waals surface area (Å²) in [7, 11) is -8.45. The number of hydrogen-bond acceptors (Lipinski definition) is 9. The van der Waals surface area contributed by atoms with Crippen molar-refractivity contribution in [3.8, 4) is 11.5 Å². The first-order chi connectivity index (χ1) is 24.0. The number of anilines is 2. The topological polar surface area (TPSA) is 214 Å². The van der Waals surface area contributed by atoms with Crippen molar-refractivity contribution in [2.24, 2.45) is 10.3 Å². The van der Waals surface area contributed by atoms with Crippen molar-refractivity contribution >= 4 is 53.7 Å². The van der Waals surface area contributed by atoms with E-state index in [1.807, 2.05) is 9.44 Å². The molecule has 0 spiro atoms. The van der Waals surface area contributed by atoms with Crippen molar-refractivity contribution in [2.75, 3.05) is 9.44 Å². The molecule has 2 heterocycles. The van der Waals surface area contributed by atoms with Crippen LogP contribution in [0.4, 0.5) is 20.2 Å². The van der Waals surface area contributed by atoms with Crippen molar-refractivity contribution in [3.63, 3.8) is 0 Å². The first-order valence-corrected chi connectivity index (χ1v) is 18.0. The van der Waals surface area contributed by atoms with E-state index < -0.39 is 43.3 Å². The van der Waals surface area contributed by atoms with Gasteiger partial charge >= 0.3 is 11.3 Å². The lowest BCUT2D eigenvalue weighted by Crippen LogP contribution is -2.22. The highest BCUT2D eigenvalue weighted by Gasteiger charge is 2.20. The molecule has 264 valence electrons. The SMILES string of the molecule is Cc1c(Cc2cccc(NS(N)(=O)=O)c2F)c(=O)oc2cc(Oc3ccc4c(C)c(Cc5cccc(NS(N)(=O)=O)c5F)c(=O)oc4c3)ccc12. The number of benzene rings is 4. The number of rotatable bonds is 10. The van der Waals surface area contributed by atoms with Crippen LogP contribution in [-0.2, 0) is 33.3 Å². The molecule has 0 unspecified atom stereocenters. The van der Waals surface area contributed by atoms with Crippen molar-refractivity contribution < 1.29 is 39.2 Å². The fourth-order valence-electron chi connectivity index (χ4n) is 5.70. The second-order valence-corrected chi connectivity index (χ2v) is 14.2. The Balaban J connectivity index is 1.26. The molecule has 0 amide bonds. The minimum atomic E-state index is -4.23. The Kier molecular flexibility index (Phi) is 9.15. The Bertz CT molecular complexity index is 2550. The fraction of sp³-hybridized carbons (Fsp3) is 0.118. The molecule has 0 atom stereocenters. The highest BCUT2D eigenvalue weighted by Crippen LogP contribution is 2.32. The van der Waals surface area contributed by atoms with Gasteiger partial charge in [0.15, 0.2) is 11.6 Å². The van der Waals surface area contributed by atoms with Gasteiger partial charge in [-0.25, -0.2) is 28.6 Å². The molecule has 6 N–H and O–H groups in total. The lowest BCUT2D eigenvalue weighted by Gasteiger charge is -2.13. The van der Waals surface area contributed by atoms with Crippen LogP contribution in [0.5, 0.6) is 11.5 Å². The highest BCUT2D eigenvalue weighted by molar-refractivity contribution is 7.90. The molecule has 0 saturated carbocycles. The third-order valence-corrected chi connectivity index (χ3v) is 9.16. The van der Waals surface area contributed by atoms with Gasteiger partial charge in [0.05, 0.1) is 11.4 Å². The van der Waals surface area contributed by atoms with E-state index in [0.29, 0.717) is 21.9 Å². The van der Waals surface area contributed by atoms with Crippen LogP contribution in [0, 0.1) is 25.5 Å². The van der Waals surface area contributed by atoms with Crippen molar-refractivity contribution in [1.29, 1.82) is 0 Å². The van der Waals surface area contributed by atoms with E-state index in [9.17, 15) is 26.4 Å². The van der Waals surface area contributed by atoms with E-state index in [-0.39, 0.29) is 69.1 Å². The van der Waals surface area contributed by atoms with Crippen LogP contribution in [-0.4, -0.2) is 16.8 Å². The molecule has 17 heteroatoms. The van der Waals surface area contributed by atoms with Crippen LogP contribution < -0.4 is 35.7 Å². The van der Waals surface area contributed by atoms with Crippen LogP contribution in [0.3, 0.4) is 0 Å². The predicted molar refractivity (Wildman–Crippen MR) is 186 cm³/mol. The summed E-state index contributed by atoms with van der Waals surface area (Å²) in [4.78, 5) is 26.1. The van der Waals surface area contributed by atoms with Crippen LogP contribution >= 0.6 is 0 Å². The van der Waals surface area contributed by atoms with Gasteiger partial charge in [0.25, 0.3) is 20.4 Å². The normalized spacial score (nSPS) is 12.0. The number of nitrogens with one attached hydrogen (secondary N) is 2. The van der Waals surface area contributed by atoms with Crippen LogP contribution in [0.2, 0.25) is 0 Å². The molecule has 0 fully saturated rings. The molecule has 6 aromatic rings. The number of ether oxygens (including phenoxy) is 1. The summed E-state index contributed by atoms with van der Waals surface area (Å²) in [6, 6.07) is 17.6. The molecule has 4 aromatic carbocycles. The average Bonchev–Trinajstić information content (AvgIpc) is 3.03. The lowest BCUT2D eigenvalue weighted by molar-refractivity contribution is 0.477. The van der Waals surface area contributed by atoms with Gasteiger partial charge in [0, 0.05) is 46.9 Å². The minimum absolute atomic E-state index is 0.0440. The molecule has 51 heavy (non-hydrogen) atoms. The smallest absolute Gasteiger partial charge is 0.340 e. The maximum atomic E-state index is 15.1. The van der Waals surface area contributed by atoms with Crippen LogP contribution in [0.1, 0.15) is 33.4 Å². The summed E-state index contributed by atoms with van der Waals surface area (Å²) in [6.45, 7) is 3.35. The summed E-state index contributed by atoms with van der Waals surface area (Å²) < 4.78 is 96.6. The molecule has 2 aromatic heterocycles. The standard InChI is InChI=1S/C34H28F2N4O9S2/c1-17-23-11-9-21(15-29(23)48-33(41)25(17)13-19-5-3-7-27(31(19)35)39-50(37,43)44)47-22-10-12-24-18(2)26(34(42)49-30(24)16-22)14-20-6-4-8-28(32(20)36)40-51(38,45)46/h3-12,15-16,39-40H,13-14H2,1-2H3,(H2,37,43,44)(H2,38,45,46). The monoisotopic (exact) mass is 738 g/mol. The molecule has 0 radical (unpaired) electrons. The van der Waals surface area contributed by atoms with Gasteiger partial charge < -0.3 is 13.6 Å². The fourth-order valence-corrected chi connectivity index (χ4v) is 6.63. The van der Waals surface area contributed by atoms with Gasteiger partial charge in [-0.3, -0.25) is 9.44 Å². The molecule has 13 nitrogen and oxygen atoms in total. The van der Waals surface area contributed by atoms with E-state index in [0.717, 1.165) is 0 Å². The molecule has 6 rings (SSSR count). The van der Waals surface area contributed by atoms with Gasteiger partial charge in [-0.2, -0.15) is 16.8 Å². The van der Waals surface area contributed by atoms with E-state index in [1.54, 1.807) is 38.1 Å². The molecule has 0 aliphatic carbocycles. The Morgan fingerprint density at radius 1 is 0.647 bits per heavy atom. The number of fused-ring (bicyclic) bond motifs is 2. The lowest BCUT2D eigenvalue weighted by atomic mass is 9.99. The van der Waals surface area contributed by atoms with E-state index >= 15 is 8.78 Å². The first-order valence-electron chi connectivity index (χ1n) is 14.9. The predicted octanol–water partition coefficient (Wildman–Crippen LogP) is 5.00. The maximum absolute atomic E-state index is 15.1.